The highest BCUT2D eigenvalue weighted by Crippen LogP contribution is 2.24. The summed E-state index contributed by atoms with van der Waals surface area (Å²) in [6.07, 6.45) is 1.90. The van der Waals surface area contributed by atoms with Gasteiger partial charge in [-0.3, -0.25) is 14.5 Å². The zero-order chi connectivity index (χ0) is 17.8. The lowest BCUT2D eigenvalue weighted by atomic mass is 10.2. The predicted octanol–water partition coefficient (Wildman–Crippen LogP) is 3.64. The number of carbonyl (C=O) groups excluding carboxylic acids is 2. The highest BCUT2D eigenvalue weighted by molar-refractivity contribution is 8.23. The number of fused-ring (bicyclic) bond motifs is 1. The topological polar surface area (TPSA) is 62.6 Å². The van der Waals surface area contributed by atoms with E-state index in [9.17, 15) is 9.59 Å². The normalized spacial score (nSPS) is 15.8. The number of amides is 2. The van der Waals surface area contributed by atoms with Crippen LogP contribution in [0.4, 0.5) is 0 Å². The molecule has 1 aliphatic heterocycles. The Hall–Kier alpha value is -1.86. The summed E-state index contributed by atoms with van der Waals surface area (Å²) in [4.78, 5) is 25.4. The average Bonchev–Trinajstić information content (AvgIpc) is 3.16. The fourth-order valence-corrected chi connectivity index (χ4v) is 3.87. The van der Waals surface area contributed by atoms with Crippen molar-refractivity contribution in [3.05, 3.63) is 36.1 Å². The van der Waals surface area contributed by atoms with E-state index in [4.69, 9.17) is 16.6 Å². The first-order chi connectivity index (χ1) is 12.0. The maximum absolute atomic E-state index is 12.1. The van der Waals surface area contributed by atoms with Gasteiger partial charge in [0.1, 0.15) is 15.7 Å². The van der Waals surface area contributed by atoms with Crippen LogP contribution in [0.3, 0.4) is 0 Å². The van der Waals surface area contributed by atoms with Gasteiger partial charge in [0.25, 0.3) is 0 Å². The van der Waals surface area contributed by atoms with Gasteiger partial charge in [0.15, 0.2) is 0 Å². The van der Waals surface area contributed by atoms with Crippen molar-refractivity contribution in [2.24, 2.45) is 0 Å². The minimum absolute atomic E-state index is 0.0161. The number of nitrogens with one attached hydrogen (secondary N) is 1. The lowest BCUT2D eigenvalue weighted by molar-refractivity contribution is -0.124. The first kappa shape index (κ1) is 17.9. The van der Waals surface area contributed by atoms with E-state index < -0.39 is 0 Å². The van der Waals surface area contributed by atoms with E-state index in [0.29, 0.717) is 23.0 Å². The van der Waals surface area contributed by atoms with Gasteiger partial charge in [-0.1, -0.05) is 42.2 Å². The Labute approximate surface area is 156 Å². The maximum atomic E-state index is 12.1. The molecule has 0 aliphatic carbocycles. The molecule has 25 heavy (non-hydrogen) atoms. The molecule has 1 aliphatic rings. The minimum atomic E-state index is -0.177. The van der Waals surface area contributed by atoms with Crippen LogP contribution in [0, 0.1) is 0 Å². The van der Waals surface area contributed by atoms with E-state index in [0.717, 1.165) is 29.6 Å². The van der Waals surface area contributed by atoms with Crippen LogP contribution in [-0.4, -0.2) is 33.3 Å². The van der Waals surface area contributed by atoms with E-state index in [1.54, 1.807) is 4.90 Å². The number of nitrogens with zero attached hydrogens (tertiary/aromatic N) is 1. The van der Waals surface area contributed by atoms with Gasteiger partial charge in [0.05, 0.1) is 11.8 Å². The average molecular weight is 377 g/mol. The van der Waals surface area contributed by atoms with Crippen molar-refractivity contribution in [1.82, 2.24) is 10.2 Å². The van der Waals surface area contributed by atoms with Gasteiger partial charge < -0.3 is 9.73 Å². The molecule has 1 fully saturated rings. The van der Waals surface area contributed by atoms with Crippen molar-refractivity contribution in [3.63, 3.8) is 0 Å². The van der Waals surface area contributed by atoms with Crippen molar-refractivity contribution in [1.29, 1.82) is 0 Å². The monoisotopic (exact) mass is 376 g/mol. The summed E-state index contributed by atoms with van der Waals surface area (Å²) in [6, 6.07) is 9.56. The van der Waals surface area contributed by atoms with Gasteiger partial charge in [-0.2, -0.15) is 0 Å². The smallest absolute Gasteiger partial charge is 0.238 e. The quantitative estimate of drug-likeness (QED) is 0.590. The second-order valence-corrected chi connectivity index (χ2v) is 7.64. The van der Waals surface area contributed by atoms with E-state index in [-0.39, 0.29) is 17.9 Å². The van der Waals surface area contributed by atoms with E-state index in [1.807, 2.05) is 37.3 Å². The number of thiocarbonyl (C=S) groups is 1. The number of furan rings is 1. The SMILES string of the molecule is C[C@H](NC(=O)CCCCN1C(=O)CSC1=S)c1cc2ccccc2o1. The Morgan fingerprint density at radius 3 is 2.92 bits per heavy atom. The number of para-hydroxylation sites is 1. The largest absolute Gasteiger partial charge is 0.459 e. The Morgan fingerprint density at radius 1 is 1.40 bits per heavy atom. The minimum Gasteiger partial charge on any atom is -0.459 e. The van der Waals surface area contributed by atoms with Gasteiger partial charge in [-0.25, -0.2) is 0 Å². The third kappa shape index (κ3) is 4.41. The Kier molecular flexibility index (Phi) is 5.75. The molecule has 1 atom stereocenters. The van der Waals surface area contributed by atoms with Crippen LogP contribution in [-0.2, 0) is 9.59 Å². The van der Waals surface area contributed by atoms with Gasteiger partial charge in [0, 0.05) is 18.4 Å². The van der Waals surface area contributed by atoms with Gasteiger partial charge in [-0.15, -0.1) is 0 Å². The molecule has 2 heterocycles. The number of carbonyl (C=O) groups is 2. The number of thioether (sulfide) groups is 1. The van der Waals surface area contributed by atoms with Crippen LogP contribution in [0.25, 0.3) is 11.0 Å². The third-order valence-electron chi connectivity index (χ3n) is 4.12. The third-order valence-corrected chi connectivity index (χ3v) is 5.56. The van der Waals surface area contributed by atoms with Gasteiger partial charge in [0.2, 0.25) is 11.8 Å². The molecule has 2 amide bonds. The van der Waals surface area contributed by atoms with E-state index in [1.165, 1.54) is 11.8 Å². The molecule has 132 valence electrons. The first-order valence-electron chi connectivity index (χ1n) is 8.29. The Bertz CT molecular complexity index is 753. The molecule has 0 spiro atoms. The van der Waals surface area contributed by atoms with Crippen molar-refractivity contribution < 1.29 is 14.0 Å². The Balaban J connectivity index is 1.42. The maximum Gasteiger partial charge on any atom is 0.238 e. The molecule has 5 nitrogen and oxygen atoms in total. The Morgan fingerprint density at radius 2 is 2.20 bits per heavy atom. The highest BCUT2D eigenvalue weighted by Gasteiger charge is 2.25. The van der Waals surface area contributed by atoms with Crippen LogP contribution >= 0.6 is 24.0 Å². The van der Waals surface area contributed by atoms with Crippen LogP contribution in [0.15, 0.2) is 34.7 Å². The van der Waals surface area contributed by atoms with Gasteiger partial charge >= 0.3 is 0 Å². The van der Waals surface area contributed by atoms with Crippen molar-refractivity contribution in [2.75, 3.05) is 12.3 Å². The second kappa shape index (κ2) is 8.01. The number of unbranched alkanes of at least 4 members (excludes halogenated alkanes) is 1. The molecule has 0 bridgehead atoms. The summed E-state index contributed by atoms with van der Waals surface area (Å²) in [5, 5.41) is 3.99. The fourth-order valence-electron chi connectivity index (χ4n) is 2.75. The first-order valence-corrected chi connectivity index (χ1v) is 9.69. The molecular formula is C18H20N2O3S2. The molecule has 1 aromatic carbocycles. The molecule has 0 saturated carbocycles. The van der Waals surface area contributed by atoms with Crippen molar-refractivity contribution in [3.8, 4) is 0 Å². The van der Waals surface area contributed by atoms with Crippen molar-refractivity contribution >= 4 is 51.1 Å². The molecule has 0 unspecified atom stereocenters. The zero-order valence-corrected chi connectivity index (χ0v) is 15.6. The lowest BCUT2D eigenvalue weighted by Crippen LogP contribution is -2.30. The van der Waals surface area contributed by atoms with Crippen molar-refractivity contribution in [2.45, 2.75) is 32.2 Å². The van der Waals surface area contributed by atoms with Crippen LogP contribution in [0.2, 0.25) is 0 Å². The molecular weight excluding hydrogens is 356 g/mol. The highest BCUT2D eigenvalue weighted by atomic mass is 32.2. The molecule has 7 heteroatoms. The molecule has 1 aromatic heterocycles. The van der Waals surface area contributed by atoms with Gasteiger partial charge in [-0.05, 0) is 31.9 Å². The second-order valence-electron chi connectivity index (χ2n) is 6.03. The molecule has 2 aromatic rings. The number of benzene rings is 1. The summed E-state index contributed by atoms with van der Waals surface area (Å²) >= 11 is 6.54. The number of hydrogen-bond acceptors (Lipinski definition) is 5. The summed E-state index contributed by atoms with van der Waals surface area (Å²) in [6.45, 7) is 2.51. The predicted molar refractivity (Wildman–Crippen MR) is 103 cm³/mol. The zero-order valence-electron chi connectivity index (χ0n) is 14.0. The summed E-state index contributed by atoms with van der Waals surface area (Å²) in [7, 11) is 0. The number of rotatable bonds is 7. The number of hydrogen-bond donors (Lipinski definition) is 1. The van der Waals surface area contributed by atoms with Crippen LogP contribution in [0.1, 0.15) is 38.0 Å². The fraction of sp³-hybridized carbons (Fsp3) is 0.389. The molecule has 0 radical (unpaired) electrons. The lowest BCUT2D eigenvalue weighted by Gasteiger charge is -2.15. The molecule has 1 N–H and O–H groups in total. The van der Waals surface area contributed by atoms with Crippen LogP contribution in [0.5, 0.6) is 0 Å². The molecule has 3 rings (SSSR count). The van der Waals surface area contributed by atoms with E-state index >= 15 is 0 Å². The molecule has 1 saturated heterocycles. The summed E-state index contributed by atoms with van der Waals surface area (Å²) < 4.78 is 6.42. The summed E-state index contributed by atoms with van der Waals surface area (Å²) in [5.41, 5.74) is 0.822. The summed E-state index contributed by atoms with van der Waals surface area (Å²) in [5.74, 6) is 1.24. The van der Waals surface area contributed by atoms with E-state index in [2.05, 4.69) is 5.32 Å². The standard InChI is InChI=1S/C18H20N2O3S2/c1-12(15-10-13-6-2-3-7-14(13)23-15)19-16(21)8-4-5-9-20-17(22)11-25-18(20)24/h2-3,6-7,10,12H,4-5,8-9,11H2,1H3,(H,19,21)/t12-/m0/s1. The van der Waals surface area contributed by atoms with Crippen LogP contribution < -0.4 is 5.32 Å².